The van der Waals surface area contributed by atoms with Crippen molar-refractivity contribution in [3.05, 3.63) is 23.1 Å². The lowest BCUT2D eigenvalue weighted by Crippen LogP contribution is -2.32. The summed E-state index contributed by atoms with van der Waals surface area (Å²) in [7, 11) is 1.78. The van der Waals surface area contributed by atoms with E-state index in [1.54, 1.807) is 18.0 Å². The van der Waals surface area contributed by atoms with Crippen molar-refractivity contribution >= 4 is 18.5 Å². The molecule has 1 heterocycles. The van der Waals surface area contributed by atoms with Crippen LogP contribution in [0.1, 0.15) is 6.42 Å². The Morgan fingerprint density at radius 2 is 2.36 bits per heavy atom. The highest BCUT2D eigenvalue weighted by Gasteiger charge is 2.19. The molecule has 0 saturated carbocycles. The number of amides is 1. The molecule has 0 fully saturated rings. The van der Waals surface area contributed by atoms with Gasteiger partial charge in [-0.25, -0.2) is 0 Å². The molecule has 0 radical (unpaired) electrons. The molecule has 0 spiro atoms. The van der Waals surface area contributed by atoms with Gasteiger partial charge in [0.2, 0.25) is 0 Å². The van der Waals surface area contributed by atoms with E-state index in [1.165, 1.54) is 0 Å². The van der Waals surface area contributed by atoms with Crippen LogP contribution in [0.15, 0.2) is 23.1 Å². The zero-order valence-electron chi connectivity index (χ0n) is 6.50. The van der Waals surface area contributed by atoms with E-state index in [2.05, 4.69) is 19.2 Å². The van der Waals surface area contributed by atoms with Crippen LogP contribution in [0.4, 0.5) is 0 Å². The molecule has 0 N–H and O–H groups in total. The standard InChI is InChI=1S/C8H11NOS/c1-3-6-4-5-9(2)8(10)7(6)11/h3,11H,1,4-5H2,2H3. The lowest BCUT2D eigenvalue weighted by molar-refractivity contribution is -0.125. The summed E-state index contributed by atoms with van der Waals surface area (Å²) in [6.07, 6.45) is 2.57. The molecule has 1 aliphatic heterocycles. The molecular formula is C8H11NOS. The SMILES string of the molecule is C=CC1=C(S)C(=O)N(C)CC1. The van der Waals surface area contributed by atoms with Crippen molar-refractivity contribution < 1.29 is 4.79 Å². The maximum absolute atomic E-state index is 11.2. The number of hydrogen-bond donors (Lipinski definition) is 1. The molecule has 0 aliphatic carbocycles. The predicted molar refractivity (Wildman–Crippen MR) is 48.5 cm³/mol. The van der Waals surface area contributed by atoms with Gasteiger partial charge in [0.25, 0.3) is 5.91 Å². The Bertz CT molecular complexity index is 232. The number of hydrogen-bond acceptors (Lipinski definition) is 2. The van der Waals surface area contributed by atoms with Gasteiger partial charge in [0.15, 0.2) is 0 Å². The number of carbonyl (C=O) groups excluding carboxylic acids is 1. The van der Waals surface area contributed by atoms with Gasteiger partial charge in [0.05, 0.1) is 4.91 Å². The van der Waals surface area contributed by atoms with Crippen LogP contribution in [0, 0.1) is 0 Å². The minimum atomic E-state index is -0.00511. The fourth-order valence-corrected chi connectivity index (χ4v) is 1.40. The molecule has 60 valence electrons. The molecule has 0 bridgehead atoms. The quantitative estimate of drug-likeness (QED) is 0.585. The number of likely N-dealkylation sites (N-methyl/N-ethyl adjacent to an activating group) is 1. The fourth-order valence-electron chi connectivity index (χ4n) is 1.02. The van der Waals surface area contributed by atoms with Crippen LogP contribution >= 0.6 is 12.6 Å². The summed E-state index contributed by atoms with van der Waals surface area (Å²) in [5.41, 5.74) is 0.955. The van der Waals surface area contributed by atoms with E-state index in [0.29, 0.717) is 4.91 Å². The lowest BCUT2D eigenvalue weighted by Gasteiger charge is -2.23. The second kappa shape index (κ2) is 3.13. The van der Waals surface area contributed by atoms with E-state index in [-0.39, 0.29) is 5.91 Å². The van der Waals surface area contributed by atoms with Crippen molar-refractivity contribution in [2.24, 2.45) is 0 Å². The largest absolute Gasteiger partial charge is 0.341 e. The Labute approximate surface area is 72.0 Å². The molecule has 0 aromatic rings. The first-order chi connectivity index (χ1) is 5.16. The van der Waals surface area contributed by atoms with Crippen LogP contribution < -0.4 is 0 Å². The molecule has 0 atom stereocenters. The van der Waals surface area contributed by atoms with Gasteiger partial charge in [0, 0.05) is 13.6 Å². The number of allylic oxidation sites excluding steroid dienone is 1. The topological polar surface area (TPSA) is 20.3 Å². The summed E-state index contributed by atoms with van der Waals surface area (Å²) in [5.74, 6) is -0.00511. The van der Waals surface area contributed by atoms with E-state index in [4.69, 9.17) is 0 Å². The van der Waals surface area contributed by atoms with Gasteiger partial charge in [-0.1, -0.05) is 12.7 Å². The molecule has 1 rings (SSSR count). The van der Waals surface area contributed by atoms with Crippen LogP contribution in [0.25, 0.3) is 0 Å². The highest BCUT2D eigenvalue weighted by atomic mass is 32.1. The summed E-state index contributed by atoms with van der Waals surface area (Å²) < 4.78 is 0. The van der Waals surface area contributed by atoms with Crippen LogP contribution in [-0.4, -0.2) is 24.4 Å². The summed E-state index contributed by atoms with van der Waals surface area (Å²) in [5, 5.41) is 0. The van der Waals surface area contributed by atoms with Crippen LogP contribution in [0.3, 0.4) is 0 Å². The molecule has 11 heavy (non-hydrogen) atoms. The van der Waals surface area contributed by atoms with E-state index in [0.717, 1.165) is 18.5 Å². The molecule has 0 aromatic heterocycles. The van der Waals surface area contributed by atoms with Crippen molar-refractivity contribution in [1.29, 1.82) is 0 Å². The van der Waals surface area contributed by atoms with Gasteiger partial charge < -0.3 is 4.90 Å². The minimum Gasteiger partial charge on any atom is -0.341 e. The zero-order chi connectivity index (χ0) is 8.43. The maximum Gasteiger partial charge on any atom is 0.260 e. The first kappa shape index (κ1) is 8.40. The molecule has 3 heteroatoms. The van der Waals surface area contributed by atoms with E-state index < -0.39 is 0 Å². The average Bonchev–Trinajstić information content (AvgIpc) is 2.01. The Hall–Kier alpha value is -0.700. The third-order valence-corrected chi connectivity index (χ3v) is 2.29. The monoisotopic (exact) mass is 169 g/mol. The number of nitrogens with zero attached hydrogens (tertiary/aromatic N) is 1. The molecule has 0 unspecified atom stereocenters. The molecule has 1 aliphatic rings. The highest BCUT2D eigenvalue weighted by Crippen LogP contribution is 2.21. The van der Waals surface area contributed by atoms with Gasteiger partial charge in [-0.05, 0) is 12.0 Å². The number of rotatable bonds is 1. The van der Waals surface area contributed by atoms with Crippen molar-refractivity contribution in [2.75, 3.05) is 13.6 Å². The Morgan fingerprint density at radius 1 is 1.73 bits per heavy atom. The lowest BCUT2D eigenvalue weighted by atomic mass is 10.1. The second-order valence-electron chi connectivity index (χ2n) is 2.55. The summed E-state index contributed by atoms with van der Waals surface area (Å²) >= 11 is 4.11. The van der Waals surface area contributed by atoms with Crippen molar-refractivity contribution in [2.45, 2.75) is 6.42 Å². The Kier molecular flexibility index (Phi) is 2.39. The fraction of sp³-hybridized carbons (Fsp3) is 0.375. The van der Waals surface area contributed by atoms with Crippen LogP contribution in [-0.2, 0) is 4.79 Å². The van der Waals surface area contributed by atoms with Gasteiger partial charge in [-0.15, -0.1) is 12.6 Å². The second-order valence-corrected chi connectivity index (χ2v) is 3.00. The van der Waals surface area contributed by atoms with Gasteiger partial charge in [0.1, 0.15) is 0 Å². The maximum atomic E-state index is 11.2. The third-order valence-electron chi connectivity index (χ3n) is 1.82. The normalized spacial score (nSPS) is 19.1. The van der Waals surface area contributed by atoms with Crippen LogP contribution in [0.2, 0.25) is 0 Å². The molecular weight excluding hydrogens is 158 g/mol. The van der Waals surface area contributed by atoms with Crippen molar-refractivity contribution in [1.82, 2.24) is 4.90 Å². The Morgan fingerprint density at radius 3 is 2.91 bits per heavy atom. The average molecular weight is 169 g/mol. The van der Waals surface area contributed by atoms with Crippen molar-refractivity contribution in [3.8, 4) is 0 Å². The van der Waals surface area contributed by atoms with Gasteiger partial charge in [-0.2, -0.15) is 0 Å². The number of carbonyl (C=O) groups is 1. The van der Waals surface area contributed by atoms with Crippen LogP contribution in [0.5, 0.6) is 0 Å². The smallest absolute Gasteiger partial charge is 0.260 e. The van der Waals surface area contributed by atoms with E-state index in [9.17, 15) is 4.79 Å². The summed E-state index contributed by atoms with van der Waals surface area (Å²) in [6.45, 7) is 4.38. The molecule has 0 aromatic carbocycles. The summed E-state index contributed by atoms with van der Waals surface area (Å²) in [6, 6.07) is 0. The van der Waals surface area contributed by atoms with Gasteiger partial charge >= 0.3 is 0 Å². The predicted octanol–water partition coefficient (Wildman–Crippen LogP) is 1.22. The number of thiol groups is 1. The minimum absolute atomic E-state index is 0.00511. The van der Waals surface area contributed by atoms with E-state index >= 15 is 0 Å². The zero-order valence-corrected chi connectivity index (χ0v) is 7.40. The van der Waals surface area contributed by atoms with E-state index in [1.807, 2.05) is 0 Å². The van der Waals surface area contributed by atoms with Gasteiger partial charge in [-0.3, -0.25) is 4.79 Å². The third kappa shape index (κ3) is 1.48. The Balaban J connectivity index is 2.95. The highest BCUT2D eigenvalue weighted by molar-refractivity contribution is 7.85. The first-order valence-corrected chi connectivity index (χ1v) is 3.91. The molecule has 2 nitrogen and oxygen atoms in total. The molecule has 1 amide bonds. The molecule has 0 saturated heterocycles. The van der Waals surface area contributed by atoms with Crippen molar-refractivity contribution in [3.63, 3.8) is 0 Å². The first-order valence-electron chi connectivity index (χ1n) is 3.47. The summed E-state index contributed by atoms with van der Waals surface area (Å²) in [4.78, 5) is 13.4.